The molecule has 136 valence electrons. The average Bonchev–Trinajstić information content (AvgIpc) is 3.04. The van der Waals surface area contributed by atoms with E-state index in [0.717, 1.165) is 27.7 Å². The van der Waals surface area contributed by atoms with Crippen LogP contribution < -0.4 is 4.90 Å². The molecule has 26 heavy (non-hydrogen) atoms. The number of hydrogen-bond donors (Lipinski definition) is 0. The normalized spacial score (nSPS) is 11.3. The molecule has 1 amide bonds. The second kappa shape index (κ2) is 8.48. The van der Waals surface area contributed by atoms with Crippen LogP contribution in [0.1, 0.15) is 16.8 Å². The number of nitrogens with zero attached hydrogens (tertiary/aromatic N) is 3. The van der Waals surface area contributed by atoms with E-state index in [4.69, 9.17) is 11.6 Å². The van der Waals surface area contributed by atoms with Crippen LogP contribution in [0.2, 0.25) is 5.02 Å². The lowest BCUT2D eigenvalue weighted by Crippen LogP contribution is -2.33. The highest BCUT2D eigenvalue weighted by Gasteiger charge is 2.21. The Balaban J connectivity index is 1.94. The van der Waals surface area contributed by atoms with Gasteiger partial charge in [-0.15, -0.1) is 0 Å². The SMILES string of the molecule is CN(C)CCCN(C(=O)c1ccc(Br)cc1)c1nc2c(Cl)cccc2s1. The minimum atomic E-state index is -0.0496. The Bertz CT molecular complexity index is 911. The van der Waals surface area contributed by atoms with E-state index in [1.807, 2.05) is 56.6 Å². The first-order valence-corrected chi connectivity index (χ1v) is 10.2. The standard InChI is InChI=1S/C19H19BrClN3OS/c1-23(2)11-4-12-24(18(25)13-7-9-14(20)10-8-13)19-22-17-15(21)5-3-6-16(17)26-19/h3,5-10H,4,11-12H2,1-2H3. The van der Waals surface area contributed by atoms with Crippen molar-refractivity contribution in [2.75, 3.05) is 32.1 Å². The van der Waals surface area contributed by atoms with Gasteiger partial charge in [0, 0.05) is 16.6 Å². The molecule has 3 rings (SSSR count). The number of anilines is 1. The van der Waals surface area contributed by atoms with Crippen LogP contribution in [0.25, 0.3) is 10.2 Å². The molecular weight excluding hydrogens is 434 g/mol. The molecule has 0 aliphatic carbocycles. The number of hydrogen-bond acceptors (Lipinski definition) is 4. The van der Waals surface area contributed by atoms with Gasteiger partial charge in [0.1, 0.15) is 5.52 Å². The van der Waals surface area contributed by atoms with Crippen molar-refractivity contribution in [1.82, 2.24) is 9.88 Å². The van der Waals surface area contributed by atoms with Gasteiger partial charge in [-0.05, 0) is 63.5 Å². The molecule has 0 aliphatic heterocycles. The summed E-state index contributed by atoms with van der Waals surface area (Å²) in [5, 5.41) is 1.29. The number of para-hydroxylation sites is 1. The number of amides is 1. The van der Waals surface area contributed by atoms with Crippen molar-refractivity contribution in [3.63, 3.8) is 0 Å². The number of carbonyl (C=O) groups excluding carboxylic acids is 1. The highest BCUT2D eigenvalue weighted by atomic mass is 79.9. The van der Waals surface area contributed by atoms with Crippen LogP contribution in [-0.2, 0) is 0 Å². The maximum atomic E-state index is 13.1. The van der Waals surface area contributed by atoms with Gasteiger partial charge in [0.25, 0.3) is 5.91 Å². The molecule has 7 heteroatoms. The van der Waals surface area contributed by atoms with E-state index >= 15 is 0 Å². The van der Waals surface area contributed by atoms with Gasteiger partial charge in [0.2, 0.25) is 0 Å². The molecule has 1 heterocycles. The first-order valence-electron chi connectivity index (χ1n) is 8.23. The zero-order chi connectivity index (χ0) is 18.7. The van der Waals surface area contributed by atoms with Gasteiger partial charge in [0.05, 0.1) is 9.72 Å². The summed E-state index contributed by atoms with van der Waals surface area (Å²) in [6, 6.07) is 13.1. The third kappa shape index (κ3) is 4.43. The highest BCUT2D eigenvalue weighted by Crippen LogP contribution is 2.33. The Hall–Kier alpha value is -1.47. The van der Waals surface area contributed by atoms with E-state index in [1.54, 1.807) is 4.90 Å². The predicted octanol–water partition coefficient (Wildman–Crippen LogP) is 5.31. The van der Waals surface area contributed by atoms with Crippen LogP contribution in [0.3, 0.4) is 0 Å². The summed E-state index contributed by atoms with van der Waals surface area (Å²) in [4.78, 5) is 21.6. The van der Waals surface area contributed by atoms with Gasteiger partial charge in [-0.25, -0.2) is 4.98 Å². The number of halogens is 2. The number of carbonyl (C=O) groups is 1. The molecular formula is C19H19BrClN3OS. The van der Waals surface area contributed by atoms with Gasteiger partial charge in [-0.3, -0.25) is 9.69 Å². The van der Waals surface area contributed by atoms with Crippen molar-refractivity contribution in [1.29, 1.82) is 0 Å². The zero-order valence-corrected chi connectivity index (χ0v) is 17.7. The largest absolute Gasteiger partial charge is 0.309 e. The predicted molar refractivity (Wildman–Crippen MR) is 114 cm³/mol. The quantitative estimate of drug-likeness (QED) is 0.508. The van der Waals surface area contributed by atoms with Gasteiger partial charge in [-0.2, -0.15) is 0 Å². The number of rotatable bonds is 6. The number of fused-ring (bicyclic) bond motifs is 1. The minimum Gasteiger partial charge on any atom is -0.309 e. The molecule has 0 saturated carbocycles. The van der Waals surface area contributed by atoms with Crippen LogP contribution in [0.15, 0.2) is 46.9 Å². The number of aromatic nitrogens is 1. The van der Waals surface area contributed by atoms with Crippen molar-refractivity contribution < 1.29 is 4.79 Å². The van der Waals surface area contributed by atoms with Crippen molar-refractivity contribution in [2.24, 2.45) is 0 Å². The summed E-state index contributed by atoms with van der Waals surface area (Å²) in [6.07, 6.45) is 0.860. The van der Waals surface area contributed by atoms with Gasteiger partial charge >= 0.3 is 0 Å². The molecule has 0 bridgehead atoms. The Morgan fingerprint density at radius 2 is 1.88 bits per heavy atom. The van der Waals surface area contributed by atoms with Crippen molar-refractivity contribution in [2.45, 2.75) is 6.42 Å². The van der Waals surface area contributed by atoms with E-state index in [1.165, 1.54) is 11.3 Å². The fourth-order valence-electron chi connectivity index (χ4n) is 2.60. The maximum absolute atomic E-state index is 13.1. The Morgan fingerprint density at radius 1 is 1.15 bits per heavy atom. The fraction of sp³-hybridized carbons (Fsp3) is 0.263. The molecule has 0 N–H and O–H groups in total. The Labute approximate surface area is 170 Å². The molecule has 0 atom stereocenters. The smallest absolute Gasteiger partial charge is 0.260 e. The monoisotopic (exact) mass is 451 g/mol. The lowest BCUT2D eigenvalue weighted by molar-refractivity contribution is 0.0986. The number of benzene rings is 2. The van der Waals surface area contributed by atoms with Gasteiger partial charge < -0.3 is 4.90 Å². The first-order chi connectivity index (χ1) is 12.5. The van der Waals surface area contributed by atoms with Crippen LogP contribution in [0.4, 0.5) is 5.13 Å². The van der Waals surface area contributed by atoms with E-state index in [-0.39, 0.29) is 5.91 Å². The van der Waals surface area contributed by atoms with E-state index in [0.29, 0.717) is 22.3 Å². The summed E-state index contributed by atoms with van der Waals surface area (Å²) in [6.45, 7) is 1.50. The van der Waals surface area contributed by atoms with Crippen molar-refractivity contribution in [3.05, 3.63) is 57.5 Å². The molecule has 0 spiro atoms. The minimum absolute atomic E-state index is 0.0496. The van der Waals surface area contributed by atoms with Crippen LogP contribution >= 0.6 is 38.9 Å². The third-order valence-electron chi connectivity index (χ3n) is 3.91. The highest BCUT2D eigenvalue weighted by molar-refractivity contribution is 9.10. The molecule has 0 radical (unpaired) electrons. The van der Waals surface area contributed by atoms with E-state index in [9.17, 15) is 4.79 Å². The molecule has 0 fully saturated rings. The zero-order valence-electron chi connectivity index (χ0n) is 14.6. The molecule has 2 aromatic carbocycles. The number of thiazole rings is 1. The van der Waals surface area contributed by atoms with E-state index in [2.05, 4.69) is 25.8 Å². The van der Waals surface area contributed by atoms with Crippen molar-refractivity contribution in [3.8, 4) is 0 Å². The second-order valence-corrected chi connectivity index (χ2v) is 8.54. The lowest BCUT2D eigenvalue weighted by atomic mass is 10.2. The third-order valence-corrected chi connectivity index (χ3v) is 5.79. The molecule has 0 unspecified atom stereocenters. The fourth-order valence-corrected chi connectivity index (χ4v) is 4.15. The van der Waals surface area contributed by atoms with Gasteiger partial charge in [0.15, 0.2) is 5.13 Å². The molecule has 0 aliphatic rings. The van der Waals surface area contributed by atoms with Crippen LogP contribution in [-0.4, -0.2) is 43.0 Å². The Kier molecular flexibility index (Phi) is 6.29. The summed E-state index contributed by atoms with van der Waals surface area (Å²) >= 11 is 11.2. The summed E-state index contributed by atoms with van der Waals surface area (Å²) in [7, 11) is 4.05. The molecule has 4 nitrogen and oxygen atoms in total. The first kappa shape index (κ1) is 19.3. The summed E-state index contributed by atoms with van der Waals surface area (Å²) in [5.41, 5.74) is 1.39. The average molecular weight is 453 g/mol. The molecule has 0 saturated heterocycles. The second-order valence-electron chi connectivity index (χ2n) is 6.20. The topological polar surface area (TPSA) is 36.4 Å². The van der Waals surface area contributed by atoms with Gasteiger partial charge in [-0.1, -0.05) is 44.9 Å². The summed E-state index contributed by atoms with van der Waals surface area (Å²) in [5.74, 6) is -0.0496. The lowest BCUT2D eigenvalue weighted by Gasteiger charge is -2.21. The van der Waals surface area contributed by atoms with Crippen LogP contribution in [0, 0.1) is 0 Å². The Morgan fingerprint density at radius 3 is 2.54 bits per heavy atom. The maximum Gasteiger partial charge on any atom is 0.260 e. The molecule has 1 aromatic heterocycles. The summed E-state index contributed by atoms with van der Waals surface area (Å²) < 4.78 is 1.92. The van der Waals surface area contributed by atoms with Crippen LogP contribution in [0.5, 0.6) is 0 Å². The molecule has 3 aromatic rings. The van der Waals surface area contributed by atoms with E-state index < -0.39 is 0 Å². The van der Waals surface area contributed by atoms with Crippen molar-refractivity contribution >= 4 is 60.1 Å².